The van der Waals surface area contributed by atoms with E-state index in [4.69, 9.17) is 9.52 Å². The molecule has 6 nitrogen and oxygen atoms in total. The number of halogens is 1. The number of hydrogen-bond acceptors (Lipinski definition) is 4. The first-order valence-corrected chi connectivity index (χ1v) is 8.84. The van der Waals surface area contributed by atoms with Gasteiger partial charge in [-0.3, -0.25) is 0 Å². The van der Waals surface area contributed by atoms with Crippen molar-refractivity contribution >= 4 is 26.9 Å². The third kappa shape index (κ3) is 3.48. The van der Waals surface area contributed by atoms with Gasteiger partial charge in [0.15, 0.2) is 0 Å². The van der Waals surface area contributed by atoms with Crippen LogP contribution in [0.1, 0.15) is 5.56 Å². The van der Waals surface area contributed by atoms with Gasteiger partial charge in [0.2, 0.25) is 9.84 Å². The lowest BCUT2D eigenvalue weighted by Crippen LogP contribution is -2.23. The maximum Gasteiger partial charge on any atom is 0.404 e. The molecule has 0 aliphatic carbocycles. The number of carboxylic acid groups (broad SMARTS) is 1. The molecule has 130 valence electrons. The molecule has 2 N–H and O–H groups in total. The van der Waals surface area contributed by atoms with E-state index in [9.17, 15) is 17.6 Å². The van der Waals surface area contributed by atoms with Gasteiger partial charge in [0.1, 0.15) is 11.4 Å². The van der Waals surface area contributed by atoms with E-state index in [1.54, 1.807) is 6.07 Å². The zero-order valence-electron chi connectivity index (χ0n) is 12.9. The summed E-state index contributed by atoms with van der Waals surface area (Å²) in [5.41, 5.74) is 1.13. The zero-order chi connectivity index (χ0) is 18.0. The van der Waals surface area contributed by atoms with Crippen LogP contribution >= 0.6 is 0 Å². The third-order valence-electron chi connectivity index (χ3n) is 3.71. The van der Waals surface area contributed by atoms with Gasteiger partial charge in [-0.25, -0.2) is 17.6 Å². The molecule has 0 saturated heterocycles. The van der Waals surface area contributed by atoms with E-state index in [1.807, 2.05) is 0 Å². The Balaban J connectivity index is 1.93. The highest BCUT2D eigenvalue weighted by atomic mass is 32.2. The van der Waals surface area contributed by atoms with Gasteiger partial charge in [-0.2, -0.15) is 0 Å². The SMILES string of the molecule is O=C(O)NCCc1coc2cc(S(=O)(=O)c3cccc(F)c3)ccc12. The van der Waals surface area contributed by atoms with Crippen LogP contribution < -0.4 is 5.32 Å². The van der Waals surface area contributed by atoms with Crippen LogP contribution in [0.3, 0.4) is 0 Å². The molecule has 0 spiro atoms. The van der Waals surface area contributed by atoms with Crippen molar-refractivity contribution in [1.82, 2.24) is 5.32 Å². The molecular weight excluding hydrogens is 349 g/mol. The smallest absolute Gasteiger partial charge is 0.404 e. The zero-order valence-corrected chi connectivity index (χ0v) is 13.7. The second kappa shape index (κ2) is 6.56. The third-order valence-corrected chi connectivity index (χ3v) is 5.46. The number of furan rings is 1. The fourth-order valence-corrected chi connectivity index (χ4v) is 3.81. The van der Waals surface area contributed by atoms with Crippen LogP contribution in [0, 0.1) is 5.82 Å². The highest BCUT2D eigenvalue weighted by Crippen LogP contribution is 2.28. The largest absolute Gasteiger partial charge is 0.465 e. The first-order valence-electron chi connectivity index (χ1n) is 7.35. The number of rotatable bonds is 5. The van der Waals surface area contributed by atoms with Crippen molar-refractivity contribution < 1.29 is 27.1 Å². The van der Waals surface area contributed by atoms with E-state index in [0.29, 0.717) is 17.4 Å². The number of amides is 1. The van der Waals surface area contributed by atoms with Crippen molar-refractivity contribution in [2.75, 3.05) is 6.54 Å². The summed E-state index contributed by atoms with van der Waals surface area (Å²) in [6, 6.07) is 9.20. The van der Waals surface area contributed by atoms with Gasteiger partial charge in [0, 0.05) is 18.0 Å². The summed E-state index contributed by atoms with van der Waals surface area (Å²) in [5, 5.41) is 11.5. The van der Waals surface area contributed by atoms with E-state index >= 15 is 0 Å². The van der Waals surface area contributed by atoms with E-state index in [2.05, 4.69) is 5.32 Å². The molecule has 0 unspecified atom stereocenters. The molecule has 1 aromatic heterocycles. The van der Waals surface area contributed by atoms with Crippen molar-refractivity contribution in [3.8, 4) is 0 Å². The maximum atomic E-state index is 13.3. The quantitative estimate of drug-likeness (QED) is 0.725. The Kier molecular flexibility index (Phi) is 4.45. The number of benzene rings is 2. The fraction of sp³-hybridized carbons (Fsp3) is 0.118. The standard InChI is InChI=1S/C17H14FNO5S/c18-12-2-1-3-13(8-12)25(22,23)14-4-5-15-11(6-7-19-17(20)21)10-24-16(15)9-14/h1-5,8-10,19H,6-7H2,(H,20,21). The van der Waals surface area contributed by atoms with E-state index in [0.717, 1.165) is 11.6 Å². The predicted octanol–water partition coefficient (Wildman–Crippen LogP) is 3.21. The topological polar surface area (TPSA) is 96.6 Å². The Bertz CT molecular complexity index is 1040. The fourth-order valence-electron chi connectivity index (χ4n) is 2.50. The van der Waals surface area contributed by atoms with Gasteiger partial charge in [0.05, 0.1) is 16.1 Å². The van der Waals surface area contributed by atoms with Crippen LogP contribution in [0.4, 0.5) is 9.18 Å². The maximum absolute atomic E-state index is 13.3. The summed E-state index contributed by atoms with van der Waals surface area (Å²) in [4.78, 5) is 10.3. The average molecular weight is 363 g/mol. The van der Waals surface area contributed by atoms with Crippen LogP contribution in [0.5, 0.6) is 0 Å². The molecule has 0 aliphatic heterocycles. The first kappa shape index (κ1) is 17.0. The van der Waals surface area contributed by atoms with Gasteiger partial charge in [-0.1, -0.05) is 6.07 Å². The minimum Gasteiger partial charge on any atom is -0.465 e. The number of carbonyl (C=O) groups is 1. The summed E-state index contributed by atoms with van der Waals surface area (Å²) in [6.07, 6.45) is 0.762. The van der Waals surface area contributed by atoms with Crippen molar-refractivity contribution in [1.29, 1.82) is 0 Å². The number of nitrogens with one attached hydrogen (secondary N) is 1. The Morgan fingerprint density at radius 2 is 1.92 bits per heavy atom. The Hall–Kier alpha value is -2.87. The minimum atomic E-state index is -3.86. The van der Waals surface area contributed by atoms with Crippen molar-refractivity contribution in [3.63, 3.8) is 0 Å². The summed E-state index contributed by atoms with van der Waals surface area (Å²) < 4.78 is 43.9. The summed E-state index contributed by atoms with van der Waals surface area (Å²) in [7, 11) is -3.86. The molecule has 3 rings (SSSR count). The van der Waals surface area contributed by atoms with Crippen molar-refractivity contribution in [2.45, 2.75) is 16.2 Å². The first-order chi connectivity index (χ1) is 11.9. The van der Waals surface area contributed by atoms with Gasteiger partial charge in [-0.05, 0) is 42.3 Å². The Labute approximate surface area is 142 Å². The normalized spacial score (nSPS) is 11.6. The summed E-state index contributed by atoms with van der Waals surface area (Å²) in [5.74, 6) is -0.631. The minimum absolute atomic E-state index is 0.00448. The number of sulfone groups is 1. The lowest BCUT2D eigenvalue weighted by atomic mass is 10.1. The van der Waals surface area contributed by atoms with Crippen molar-refractivity contribution in [2.24, 2.45) is 0 Å². The second-order valence-electron chi connectivity index (χ2n) is 5.36. The molecule has 0 aliphatic rings. The Morgan fingerprint density at radius 3 is 2.64 bits per heavy atom. The molecule has 0 atom stereocenters. The molecule has 1 heterocycles. The molecule has 1 amide bonds. The van der Waals surface area contributed by atoms with Crippen LogP contribution in [-0.4, -0.2) is 26.2 Å². The highest BCUT2D eigenvalue weighted by Gasteiger charge is 2.20. The molecule has 8 heteroatoms. The van der Waals surface area contributed by atoms with Crippen molar-refractivity contribution in [3.05, 3.63) is 60.1 Å². The molecular formula is C17H14FNO5S. The van der Waals surface area contributed by atoms with Gasteiger partial charge in [0.25, 0.3) is 0 Å². The second-order valence-corrected chi connectivity index (χ2v) is 7.31. The van der Waals surface area contributed by atoms with E-state index in [1.165, 1.54) is 36.6 Å². The summed E-state index contributed by atoms with van der Waals surface area (Å²) >= 11 is 0. The van der Waals surface area contributed by atoms with E-state index in [-0.39, 0.29) is 16.3 Å². The predicted molar refractivity (Wildman–Crippen MR) is 87.8 cm³/mol. The lowest BCUT2D eigenvalue weighted by Gasteiger charge is -2.05. The number of fused-ring (bicyclic) bond motifs is 1. The van der Waals surface area contributed by atoms with Crippen LogP contribution in [0.15, 0.2) is 62.9 Å². The molecule has 0 saturated carbocycles. The molecule has 0 radical (unpaired) electrons. The molecule has 0 bridgehead atoms. The van der Waals surface area contributed by atoms with Crippen LogP contribution in [-0.2, 0) is 16.3 Å². The molecule has 0 fully saturated rings. The summed E-state index contributed by atoms with van der Waals surface area (Å²) in [6.45, 7) is 0.216. The monoisotopic (exact) mass is 363 g/mol. The number of hydrogen-bond donors (Lipinski definition) is 2. The molecule has 3 aromatic rings. The lowest BCUT2D eigenvalue weighted by molar-refractivity contribution is 0.194. The average Bonchev–Trinajstić information content (AvgIpc) is 2.97. The van der Waals surface area contributed by atoms with Crippen LogP contribution in [0.25, 0.3) is 11.0 Å². The molecule has 25 heavy (non-hydrogen) atoms. The van der Waals surface area contributed by atoms with Crippen LogP contribution in [0.2, 0.25) is 0 Å². The Morgan fingerprint density at radius 1 is 1.16 bits per heavy atom. The van der Waals surface area contributed by atoms with Gasteiger partial charge >= 0.3 is 6.09 Å². The van der Waals surface area contributed by atoms with Gasteiger partial charge in [-0.15, -0.1) is 0 Å². The van der Waals surface area contributed by atoms with Gasteiger partial charge < -0.3 is 14.8 Å². The highest BCUT2D eigenvalue weighted by molar-refractivity contribution is 7.91. The van der Waals surface area contributed by atoms with E-state index < -0.39 is 21.7 Å². The molecule has 2 aromatic carbocycles.